The molecule has 1 nitrogen and oxygen atoms in total. The number of hydrogen-bond donors (Lipinski definition) is 1. The van der Waals surface area contributed by atoms with Crippen molar-refractivity contribution in [3.05, 3.63) is 24.6 Å². The Kier molecular flexibility index (Phi) is 4.60. The van der Waals surface area contributed by atoms with Crippen LogP contribution in [0.5, 0.6) is 0 Å². The Morgan fingerprint density at radius 1 is 1.50 bits per heavy atom. The molecular weight excluding hydrogens is 114 g/mol. The second-order valence-electron chi connectivity index (χ2n) is 1.69. The van der Waals surface area contributed by atoms with Crippen LogP contribution in [0, 0.1) is 0 Å². The molecule has 46 valence electrons. The zero-order chi connectivity index (χ0) is 6.41. The Bertz CT molecular complexity index is 72.6. The first-order valence-electron chi connectivity index (χ1n) is 2.74. The van der Waals surface area contributed by atoms with E-state index in [1.165, 1.54) is 0 Å². The molecule has 0 aliphatic rings. The van der Waals surface area contributed by atoms with Crippen LogP contribution in [-0.4, -0.2) is 22.0 Å². The maximum Gasteiger partial charge on any atom is 0.0979 e. The van der Waals surface area contributed by atoms with Crippen molar-refractivity contribution >= 4 is 8.80 Å². The topological polar surface area (TPSA) is 12.0 Å². The predicted octanol–water partition coefficient (Wildman–Crippen LogP) is 0.422. The third-order valence-electron chi connectivity index (χ3n) is 1.05. The molecular formula is C6H13NSi. The summed E-state index contributed by atoms with van der Waals surface area (Å²) in [5.74, 6) is 0. The number of rotatable bonds is 4. The van der Waals surface area contributed by atoms with Gasteiger partial charge in [-0.2, -0.15) is 0 Å². The third-order valence-corrected chi connectivity index (χ3v) is 3.14. The van der Waals surface area contributed by atoms with Gasteiger partial charge in [0, 0.05) is 0 Å². The molecule has 0 saturated heterocycles. The molecule has 0 fully saturated rings. The van der Waals surface area contributed by atoms with Crippen LogP contribution in [0.15, 0.2) is 24.6 Å². The van der Waals surface area contributed by atoms with Gasteiger partial charge in [0.1, 0.15) is 0 Å². The molecule has 2 heteroatoms. The van der Waals surface area contributed by atoms with E-state index in [0.717, 1.165) is 6.17 Å². The molecule has 0 radical (unpaired) electrons. The fraction of sp³-hybridized carbons (Fsp3) is 0.333. The average molecular weight is 127 g/mol. The summed E-state index contributed by atoms with van der Waals surface area (Å²) in [7, 11) is 1.18. The molecule has 0 aromatic rings. The molecule has 0 bridgehead atoms. The van der Waals surface area contributed by atoms with E-state index in [4.69, 9.17) is 0 Å². The Morgan fingerprint density at radius 2 is 2.00 bits per heavy atom. The lowest BCUT2D eigenvalue weighted by Crippen LogP contribution is -2.23. The first-order chi connectivity index (χ1) is 3.85. The summed E-state index contributed by atoms with van der Waals surface area (Å²) >= 11 is 0. The lowest BCUT2D eigenvalue weighted by molar-refractivity contribution is 0.964. The molecule has 0 aromatic carbocycles. The van der Waals surface area contributed by atoms with Crippen molar-refractivity contribution in [2.45, 2.75) is 0 Å². The van der Waals surface area contributed by atoms with E-state index in [1.807, 2.05) is 18.4 Å². The van der Waals surface area contributed by atoms with E-state index >= 15 is 0 Å². The molecule has 0 saturated carbocycles. The molecule has 0 atom stereocenters. The molecule has 0 aliphatic carbocycles. The van der Waals surface area contributed by atoms with Crippen LogP contribution in [0.1, 0.15) is 0 Å². The Hall–Kier alpha value is -0.343. The zero-order valence-corrected chi connectivity index (χ0v) is 6.51. The molecule has 1 N–H and O–H groups in total. The van der Waals surface area contributed by atoms with Gasteiger partial charge in [0.2, 0.25) is 0 Å². The summed E-state index contributed by atoms with van der Waals surface area (Å²) in [4.78, 5) is 0. The van der Waals surface area contributed by atoms with Crippen molar-refractivity contribution in [1.82, 2.24) is 5.32 Å². The van der Waals surface area contributed by atoms with Crippen LogP contribution in [0.25, 0.3) is 0 Å². The van der Waals surface area contributed by atoms with Crippen molar-refractivity contribution in [1.29, 1.82) is 0 Å². The van der Waals surface area contributed by atoms with Gasteiger partial charge in [-0.25, -0.2) is 0 Å². The van der Waals surface area contributed by atoms with E-state index in [0.29, 0.717) is 0 Å². The van der Waals surface area contributed by atoms with Gasteiger partial charge >= 0.3 is 0 Å². The summed E-state index contributed by atoms with van der Waals surface area (Å²) < 4.78 is 0. The largest absolute Gasteiger partial charge is 0.322 e. The van der Waals surface area contributed by atoms with Crippen LogP contribution in [0.2, 0.25) is 0 Å². The summed E-state index contributed by atoms with van der Waals surface area (Å²) in [5, 5.41) is 3.09. The SMILES string of the molecule is C=C[SiH](C=C)CNC. The number of nitrogens with one attached hydrogen (secondary N) is 1. The smallest absolute Gasteiger partial charge is 0.0979 e. The average Bonchev–Trinajstić information content (AvgIpc) is 1.83. The summed E-state index contributed by atoms with van der Waals surface area (Å²) in [6, 6.07) is 0. The van der Waals surface area contributed by atoms with Gasteiger partial charge in [-0.05, 0) is 13.2 Å². The number of hydrogen-bond acceptors (Lipinski definition) is 1. The van der Waals surface area contributed by atoms with Crippen LogP contribution in [0.4, 0.5) is 0 Å². The van der Waals surface area contributed by atoms with E-state index in [-0.39, 0.29) is 0 Å². The highest BCUT2D eigenvalue weighted by Crippen LogP contribution is 1.79. The minimum atomic E-state index is -0.775. The van der Waals surface area contributed by atoms with Crippen molar-refractivity contribution < 1.29 is 0 Å². The minimum absolute atomic E-state index is 0.775. The highest BCUT2D eigenvalue weighted by molar-refractivity contribution is 6.69. The molecule has 0 aliphatic heterocycles. The highest BCUT2D eigenvalue weighted by Gasteiger charge is 1.94. The normalized spacial score (nSPS) is 9.25. The lowest BCUT2D eigenvalue weighted by Gasteiger charge is -2.00. The summed E-state index contributed by atoms with van der Waals surface area (Å²) in [6.45, 7) is 7.40. The lowest BCUT2D eigenvalue weighted by atomic mass is 11.2. The van der Waals surface area contributed by atoms with Gasteiger partial charge in [-0.15, -0.1) is 13.2 Å². The van der Waals surface area contributed by atoms with Crippen LogP contribution in [-0.2, 0) is 0 Å². The van der Waals surface area contributed by atoms with Crippen molar-refractivity contribution in [2.75, 3.05) is 13.2 Å². The fourth-order valence-electron chi connectivity index (χ4n) is 0.499. The Morgan fingerprint density at radius 3 is 2.12 bits per heavy atom. The van der Waals surface area contributed by atoms with Gasteiger partial charge in [-0.3, -0.25) is 0 Å². The van der Waals surface area contributed by atoms with Crippen LogP contribution in [0.3, 0.4) is 0 Å². The monoisotopic (exact) mass is 127 g/mol. The van der Waals surface area contributed by atoms with Crippen molar-refractivity contribution in [3.8, 4) is 0 Å². The van der Waals surface area contributed by atoms with Crippen molar-refractivity contribution in [2.24, 2.45) is 0 Å². The van der Waals surface area contributed by atoms with Gasteiger partial charge < -0.3 is 5.32 Å². The second-order valence-corrected chi connectivity index (χ2v) is 4.37. The second kappa shape index (κ2) is 4.81. The van der Waals surface area contributed by atoms with E-state index in [9.17, 15) is 0 Å². The maximum atomic E-state index is 3.70. The summed E-state index contributed by atoms with van der Waals surface area (Å²) in [5.41, 5.74) is 4.03. The molecule has 0 aromatic heterocycles. The van der Waals surface area contributed by atoms with E-state index in [1.54, 1.807) is 0 Å². The molecule has 0 heterocycles. The first-order valence-corrected chi connectivity index (χ1v) is 4.89. The maximum absolute atomic E-state index is 3.70. The molecule has 0 rings (SSSR count). The molecule has 0 amide bonds. The molecule has 0 spiro atoms. The molecule has 0 unspecified atom stereocenters. The van der Waals surface area contributed by atoms with E-state index < -0.39 is 8.80 Å². The van der Waals surface area contributed by atoms with Gasteiger partial charge in [0.15, 0.2) is 0 Å². The van der Waals surface area contributed by atoms with Crippen molar-refractivity contribution in [3.63, 3.8) is 0 Å². The predicted molar refractivity (Wildman–Crippen MR) is 41.5 cm³/mol. The third kappa shape index (κ3) is 2.77. The van der Waals surface area contributed by atoms with Gasteiger partial charge in [-0.1, -0.05) is 11.4 Å². The standard InChI is InChI=1S/C6H13NSi/c1-4-8(5-2)6-7-3/h4-5,7-8H,1-2,6H2,3H3. The van der Waals surface area contributed by atoms with E-state index in [2.05, 4.69) is 18.5 Å². The van der Waals surface area contributed by atoms with Gasteiger partial charge in [0.05, 0.1) is 8.80 Å². The fourth-order valence-corrected chi connectivity index (χ4v) is 1.50. The van der Waals surface area contributed by atoms with Gasteiger partial charge in [0.25, 0.3) is 0 Å². The first kappa shape index (κ1) is 7.66. The Labute approximate surface area is 52.7 Å². The van der Waals surface area contributed by atoms with Crippen LogP contribution < -0.4 is 5.32 Å². The highest BCUT2D eigenvalue weighted by atomic mass is 28.3. The summed E-state index contributed by atoms with van der Waals surface area (Å²) in [6.07, 6.45) is 1.08. The quantitative estimate of drug-likeness (QED) is 0.540. The van der Waals surface area contributed by atoms with Crippen LogP contribution >= 0.6 is 0 Å². The molecule has 8 heavy (non-hydrogen) atoms. The minimum Gasteiger partial charge on any atom is -0.322 e. The Balaban J connectivity index is 3.35. The zero-order valence-electron chi connectivity index (χ0n) is 5.35.